The maximum Gasteiger partial charge on any atom is 0.222 e. The van der Waals surface area contributed by atoms with E-state index in [1.54, 1.807) is 7.11 Å². The monoisotopic (exact) mass is 314 g/mol. The van der Waals surface area contributed by atoms with Crippen LogP contribution < -0.4 is 11.1 Å². The Balaban J connectivity index is 0.00000400. The molecule has 3 N–H and O–H groups in total. The molecule has 0 aliphatic heterocycles. The Hall–Kier alpha value is -1.10. The molecule has 1 amide bonds. The van der Waals surface area contributed by atoms with Crippen LogP contribution in [-0.2, 0) is 14.9 Å². The van der Waals surface area contributed by atoms with Crippen LogP contribution in [0.1, 0.15) is 31.4 Å². The molecular formula is C16H27ClN2O2. The van der Waals surface area contributed by atoms with E-state index < -0.39 is 0 Å². The van der Waals surface area contributed by atoms with Gasteiger partial charge in [-0.15, -0.1) is 12.4 Å². The third kappa shape index (κ3) is 6.46. The van der Waals surface area contributed by atoms with Crippen molar-refractivity contribution < 1.29 is 9.53 Å². The number of hydrogen-bond donors (Lipinski definition) is 2. The maximum absolute atomic E-state index is 11.9. The average Bonchev–Trinajstić information content (AvgIpc) is 2.43. The molecule has 1 aromatic rings. The quantitative estimate of drug-likeness (QED) is 0.810. The Morgan fingerprint density at radius 3 is 2.38 bits per heavy atom. The average molecular weight is 315 g/mol. The summed E-state index contributed by atoms with van der Waals surface area (Å²) >= 11 is 0. The molecule has 0 radical (unpaired) electrons. The zero-order valence-corrected chi connectivity index (χ0v) is 14.1. The third-order valence-electron chi connectivity index (χ3n) is 3.57. The predicted molar refractivity (Wildman–Crippen MR) is 88.9 cm³/mol. The number of hydrogen-bond acceptors (Lipinski definition) is 3. The molecule has 1 rings (SSSR count). The zero-order chi connectivity index (χ0) is 15.2. The number of benzene rings is 1. The molecule has 1 aromatic carbocycles. The number of carbonyl (C=O) groups excluding carboxylic acids is 1. The van der Waals surface area contributed by atoms with Gasteiger partial charge in [-0.3, -0.25) is 4.79 Å². The van der Waals surface area contributed by atoms with E-state index in [0.29, 0.717) is 19.5 Å². The molecule has 4 nitrogen and oxygen atoms in total. The fraction of sp³-hybridized carbons (Fsp3) is 0.562. The van der Waals surface area contributed by atoms with E-state index in [-0.39, 0.29) is 29.8 Å². The lowest BCUT2D eigenvalue weighted by Crippen LogP contribution is -2.39. The molecule has 120 valence electrons. The van der Waals surface area contributed by atoms with E-state index in [1.165, 1.54) is 11.1 Å². The molecule has 1 unspecified atom stereocenters. The third-order valence-corrected chi connectivity index (χ3v) is 3.57. The lowest BCUT2D eigenvalue weighted by atomic mass is 9.84. The van der Waals surface area contributed by atoms with Gasteiger partial charge in [-0.2, -0.15) is 0 Å². The smallest absolute Gasteiger partial charge is 0.222 e. The molecule has 0 heterocycles. The first kappa shape index (κ1) is 19.9. The highest BCUT2D eigenvalue weighted by molar-refractivity contribution is 5.85. The standard InChI is InChI=1S/C16H26N2O2.ClH/c1-12-5-7-13(8-6-12)16(2,3)11-18-15(19)9-14(10-17)20-4;/h5-8,14H,9-11,17H2,1-4H3,(H,18,19);1H. The number of halogens is 1. The first-order chi connectivity index (χ1) is 9.39. The summed E-state index contributed by atoms with van der Waals surface area (Å²) in [5.74, 6) is -0.0255. The van der Waals surface area contributed by atoms with Gasteiger partial charge < -0.3 is 15.8 Å². The number of aryl methyl sites for hydroxylation is 1. The van der Waals surface area contributed by atoms with Crippen LogP contribution in [0.3, 0.4) is 0 Å². The van der Waals surface area contributed by atoms with Gasteiger partial charge in [0.1, 0.15) is 0 Å². The van der Waals surface area contributed by atoms with Gasteiger partial charge in [0.15, 0.2) is 0 Å². The molecule has 21 heavy (non-hydrogen) atoms. The maximum atomic E-state index is 11.9. The van der Waals surface area contributed by atoms with Gasteiger partial charge in [0.2, 0.25) is 5.91 Å². The highest BCUT2D eigenvalue weighted by atomic mass is 35.5. The number of carbonyl (C=O) groups is 1. The second-order valence-electron chi connectivity index (χ2n) is 5.82. The molecule has 0 fully saturated rings. The van der Waals surface area contributed by atoms with Crippen molar-refractivity contribution in [3.63, 3.8) is 0 Å². The van der Waals surface area contributed by atoms with Crippen LogP contribution in [0.5, 0.6) is 0 Å². The highest BCUT2D eigenvalue weighted by Crippen LogP contribution is 2.22. The van der Waals surface area contributed by atoms with Crippen molar-refractivity contribution in [1.82, 2.24) is 5.32 Å². The van der Waals surface area contributed by atoms with Gasteiger partial charge in [-0.05, 0) is 12.5 Å². The first-order valence-electron chi connectivity index (χ1n) is 6.95. The van der Waals surface area contributed by atoms with Crippen LogP contribution >= 0.6 is 12.4 Å². The Morgan fingerprint density at radius 2 is 1.90 bits per heavy atom. The van der Waals surface area contributed by atoms with Gasteiger partial charge >= 0.3 is 0 Å². The summed E-state index contributed by atoms with van der Waals surface area (Å²) in [6.07, 6.45) is 0.0919. The molecule has 0 saturated heterocycles. The Labute approximate surface area is 133 Å². The van der Waals surface area contributed by atoms with Crippen molar-refractivity contribution in [1.29, 1.82) is 0 Å². The summed E-state index contributed by atoms with van der Waals surface area (Å²) in [6.45, 7) is 7.25. The molecule has 0 spiro atoms. The number of ether oxygens (including phenoxy) is 1. The predicted octanol–water partition coefficient (Wildman–Crippen LogP) is 2.17. The highest BCUT2D eigenvalue weighted by Gasteiger charge is 2.22. The van der Waals surface area contributed by atoms with Crippen LogP contribution in [0.2, 0.25) is 0 Å². The van der Waals surface area contributed by atoms with Gasteiger partial charge in [0.05, 0.1) is 12.5 Å². The molecule has 0 aliphatic carbocycles. The second-order valence-corrected chi connectivity index (χ2v) is 5.82. The van der Waals surface area contributed by atoms with Crippen LogP contribution in [0.15, 0.2) is 24.3 Å². The van der Waals surface area contributed by atoms with E-state index >= 15 is 0 Å². The molecule has 0 aliphatic rings. The molecule has 5 heteroatoms. The fourth-order valence-electron chi connectivity index (χ4n) is 1.97. The zero-order valence-electron chi connectivity index (χ0n) is 13.3. The minimum absolute atomic E-state index is 0. The van der Waals surface area contributed by atoms with E-state index in [1.807, 2.05) is 0 Å². The molecule has 0 bridgehead atoms. The Kier molecular flexibility index (Phi) is 8.55. The normalized spacial score (nSPS) is 12.4. The van der Waals surface area contributed by atoms with E-state index in [4.69, 9.17) is 10.5 Å². The lowest BCUT2D eigenvalue weighted by Gasteiger charge is -2.26. The van der Waals surface area contributed by atoms with Gasteiger partial charge in [0.25, 0.3) is 0 Å². The van der Waals surface area contributed by atoms with Crippen LogP contribution in [0.4, 0.5) is 0 Å². The molecular weight excluding hydrogens is 288 g/mol. The number of nitrogens with two attached hydrogens (primary N) is 1. The Morgan fingerprint density at radius 1 is 1.33 bits per heavy atom. The van der Waals surface area contributed by atoms with Crippen molar-refractivity contribution >= 4 is 18.3 Å². The summed E-state index contributed by atoms with van der Waals surface area (Å²) < 4.78 is 5.11. The molecule has 1 atom stereocenters. The summed E-state index contributed by atoms with van der Waals surface area (Å²) in [7, 11) is 1.57. The van der Waals surface area contributed by atoms with E-state index in [9.17, 15) is 4.79 Å². The fourth-order valence-corrected chi connectivity index (χ4v) is 1.97. The van der Waals surface area contributed by atoms with Crippen LogP contribution in [0.25, 0.3) is 0 Å². The summed E-state index contributed by atoms with van der Waals surface area (Å²) in [5.41, 5.74) is 7.86. The van der Waals surface area contributed by atoms with Gasteiger partial charge in [0, 0.05) is 25.6 Å². The summed E-state index contributed by atoms with van der Waals surface area (Å²) in [4.78, 5) is 11.9. The van der Waals surface area contributed by atoms with Crippen molar-refractivity contribution in [2.45, 2.75) is 38.7 Å². The van der Waals surface area contributed by atoms with Crippen molar-refractivity contribution in [2.75, 3.05) is 20.2 Å². The molecule has 0 saturated carbocycles. The van der Waals surface area contributed by atoms with Crippen LogP contribution in [-0.4, -0.2) is 32.2 Å². The minimum Gasteiger partial charge on any atom is -0.380 e. The lowest BCUT2D eigenvalue weighted by molar-refractivity contribution is -0.123. The van der Waals surface area contributed by atoms with Crippen molar-refractivity contribution in [3.8, 4) is 0 Å². The van der Waals surface area contributed by atoms with Crippen LogP contribution in [0, 0.1) is 6.92 Å². The van der Waals surface area contributed by atoms with Gasteiger partial charge in [-0.1, -0.05) is 43.7 Å². The summed E-state index contributed by atoms with van der Waals surface area (Å²) in [6, 6.07) is 8.40. The first-order valence-corrected chi connectivity index (χ1v) is 6.95. The SMILES string of the molecule is COC(CN)CC(=O)NCC(C)(C)c1ccc(C)cc1.Cl. The van der Waals surface area contributed by atoms with E-state index in [0.717, 1.165) is 0 Å². The van der Waals surface area contributed by atoms with Crippen molar-refractivity contribution in [3.05, 3.63) is 35.4 Å². The minimum atomic E-state index is -0.211. The molecule has 0 aromatic heterocycles. The summed E-state index contributed by atoms with van der Waals surface area (Å²) in [5, 5.41) is 2.96. The second kappa shape index (κ2) is 9.03. The van der Waals surface area contributed by atoms with Gasteiger partial charge in [-0.25, -0.2) is 0 Å². The number of rotatable bonds is 7. The van der Waals surface area contributed by atoms with E-state index in [2.05, 4.69) is 50.4 Å². The number of nitrogens with one attached hydrogen (secondary N) is 1. The number of methoxy groups -OCH3 is 1. The largest absolute Gasteiger partial charge is 0.380 e. The van der Waals surface area contributed by atoms with Crippen molar-refractivity contribution in [2.24, 2.45) is 5.73 Å². The Bertz CT molecular complexity index is 428. The number of amides is 1. The topological polar surface area (TPSA) is 64.3 Å².